The van der Waals surface area contributed by atoms with Crippen molar-refractivity contribution < 1.29 is 0 Å². The lowest BCUT2D eigenvalue weighted by Crippen LogP contribution is -1.96. The molecule has 3 rings (SSSR count). The molecule has 1 unspecified atom stereocenters. The third-order valence-corrected chi connectivity index (χ3v) is 4.67. The molecule has 0 radical (unpaired) electrons. The van der Waals surface area contributed by atoms with Gasteiger partial charge in [0.2, 0.25) is 0 Å². The lowest BCUT2D eigenvalue weighted by atomic mass is 9.95. The van der Waals surface area contributed by atoms with E-state index in [0.29, 0.717) is 5.92 Å². The van der Waals surface area contributed by atoms with Crippen molar-refractivity contribution in [1.29, 1.82) is 0 Å². The topological polar surface area (TPSA) is 0 Å². The van der Waals surface area contributed by atoms with Crippen molar-refractivity contribution in [1.82, 2.24) is 0 Å². The van der Waals surface area contributed by atoms with Crippen molar-refractivity contribution in [3.63, 3.8) is 0 Å². The average molecular weight is 266 g/mol. The van der Waals surface area contributed by atoms with Crippen LogP contribution < -0.4 is 0 Å². The molecule has 0 nitrogen and oxygen atoms in total. The molecule has 0 aliphatic heterocycles. The molecule has 1 heteroatoms. The van der Waals surface area contributed by atoms with Crippen molar-refractivity contribution in [2.45, 2.75) is 26.2 Å². The molecule has 0 fully saturated rings. The molecule has 3 aromatic rings. The van der Waals surface area contributed by atoms with E-state index in [1.165, 1.54) is 26.1 Å². The summed E-state index contributed by atoms with van der Waals surface area (Å²) in [5.74, 6) is 0.572. The third-order valence-electron chi connectivity index (χ3n) is 3.65. The Hall–Kier alpha value is -1.60. The van der Waals surface area contributed by atoms with Gasteiger partial charge in [0.25, 0.3) is 0 Å². The molecule has 2 aromatic carbocycles. The van der Waals surface area contributed by atoms with Gasteiger partial charge in [0.05, 0.1) is 0 Å². The molecular weight excluding hydrogens is 248 g/mol. The zero-order chi connectivity index (χ0) is 13.2. The van der Waals surface area contributed by atoms with Crippen LogP contribution in [0.15, 0.2) is 54.6 Å². The fourth-order valence-electron chi connectivity index (χ4n) is 2.53. The average Bonchev–Trinajstić information content (AvgIpc) is 2.83. The summed E-state index contributed by atoms with van der Waals surface area (Å²) in [5, 5.41) is 2.67. The van der Waals surface area contributed by atoms with Crippen molar-refractivity contribution in [2.75, 3.05) is 0 Å². The van der Waals surface area contributed by atoms with Crippen LogP contribution in [-0.4, -0.2) is 0 Å². The Labute approximate surface area is 118 Å². The molecule has 0 N–H and O–H groups in total. The van der Waals surface area contributed by atoms with Crippen LogP contribution in [-0.2, 0) is 6.42 Å². The van der Waals surface area contributed by atoms with E-state index in [-0.39, 0.29) is 0 Å². The number of aryl methyl sites for hydroxylation is 1. The molecular formula is C18H18S. The molecule has 96 valence electrons. The predicted octanol–water partition coefficient (Wildman–Crippen LogP) is 5.56. The van der Waals surface area contributed by atoms with Crippen molar-refractivity contribution in [3.8, 4) is 0 Å². The summed E-state index contributed by atoms with van der Waals surface area (Å²) in [5.41, 5.74) is 1.43. The lowest BCUT2D eigenvalue weighted by Gasteiger charge is -2.11. The van der Waals surface area contributed by atoms with Crippen molar-refractivity contribution >= 4 is 22.1 Å². The van der Waals surface area contributed by atoms with Gasteiger partial charge < -0.3 is 0 Å². The quantitative estimate of drug-likeness (QED) is 0.582. The minimum Gasteiger partial charge on any atom is -0.146 e. The molecule has 1 atom stereocenters. The molecule has 1 aromatic heterocycles. The van der Waals surface area contributed by atoms with Gasteiger partial charge in [0.1, 0.15) is 0 Å². The largest absolute Gasteiger partial charge is 0.146 e. The first-order chi connectivity index (χ1) is 9.22. The van der Waals surface area contributed by atoms with Crippen LogP contribution in [0.2, 0.25) is 0 Å². The maximum Gasteiger partial charge on any atom is 0.00540 e. The van der Waals surface area contributed by atoms with E-state index in [2.05, 4.69) is 68.4 Å². The highest BCUT2D eigenvalue weighted by molar-refractivity contribution is 7.11. The predicted molar refractivity (Wildman–Crippen MR) is 85.1 cm³/mol. The number of hydrogen-bond donors (Lipinski definition) is 0. The first-order valence-corrected chi connectivity index (χ1v) is 7.58. The van der Waals surface area contributed by atoms with Crippen LogP contribution in [0.3, 0.4) is 0 Å². The second kappa shape index (κ2) is 5.18. The Morgan fingerprint density at radius 3 is 2.47 bits per heavy atom. The van der Waals surface area contributed by atoms with E-state index in [1.54, 1.807) is 0 Å². The Bertz CT molecular complexity index is 693. The normalized spacial score (nSPS) is 12.7. The Balaban J connectivity index is 1.86. The number of thiophene rings is 1. The monoisotopic (exact) mass is 266 g/mol. The van der Waals surface area contributed by atoms with E-state index in [1.807, 2.05) is 11.3 Å². The van der Waals surface area contributed by atoms with E-state index in [9.17, 15) is 0 Å². The zero-order valence-electron chi connectivity index (χ0n) is 11.4. The standard InChI is InChI=1S/C18H18S/c1-13(11-18-10-7-14(2)19-18)16-9-8-15-5-3-4-6-17(15)12-16/h3-10,12-13H,11H2,1-2H3. The number of fused-ring (bicyclic) bond motifs is 1. The highest BCUT2D eigenvalue weighted by Crippen LogP contribution is 2.27. The Morgan fingerprint density at radius 1 is 0.947 bits per heavy atom. The van der Waals surface area contributed by atoms with Crippen molar-refractivity contribution in [3.05, 3.63) is 69.9 Å². The number of rotatable bonds is 3. The van der Waals surface area contributed by atoms with Crippen LogP contribution >= 0.6 is 11.3 Å². The molecule has 0 saturated heterocycles. The van der Waals surface area contributed by atoms with E-state index in [4.69, 9.17) is 0 Å². The zero-order valence-corrected chi connectivity index (χ0v) is 12.2. The van der Waals surface area contributed by atoms with Crippen LogP contribution in [0.5, 0.6) is 0 Å². The summed E-state index contributed by atoms with van der Waals surface area (Å²) in [7, 11) is 0. The Kier molecular flexibility index (Phi) is 3.39. The van der Waals surface area contributed by atoms with Crippen LogP contribution in [0.25, 0.3) is 10.8 Å². The summed E-state index contributed by atoms with van der Waals surface area (Å²) in [6, 6.07) is 19.9. The lowest BCUT2D eigenvalue weighted by molar-refractivity contribution is 0.770. The van der Waals surface area contributed by atoms with Gasteiger partial charge in [-0.25, -0.2) is 0 Å². The van der Waals surface area contributed by atoms with Crippen LogP contribution in [0.1, 0.15) is 28.2 Å². The minimum absolute atomic E-state index is 0.572. The second-order valence-corrected chi connectivity index (χ2v) is 6.60. The minimum atomic E-state index is 0.572. The second-order valence-electron chi connectivity index (χ2n) is 5.22. The first-order valence-electron chi connectivity index (χ1n) is 6.76. The highest BCUT2D eigenvalue weighted by atomic mass is 32.1. The van der Waals surface area contributed by atoms with Gasteiger partial charge in [-0.05, 0) is 47.7 Å². The SMILES string of the molecule is Cc1ccc(CC(C)c2ccc3ccccc3c2)s1. The van der Waals surface area contributed by atoms with Gasteiger partial charge in [-0.1, -0.05) is 49.4 Å². The molecule has 19 heavy (non-hydrogen) atoms. The summed E-state index contributed by atoms with van der Waals surface area (Å²) >= 11 is 1.91. The van der Waals surface area contributed by atoms with Crippen molar-refractivity contribution in [2.24, 2.45) is 0 Å². The third kappa shape index (κ3) is 2.71. The van der Waals surface area contributed by atoms with E-state index < -0.39 is 0 Å². The summed E-state index contributed by atoms with van der Waals surface area (Å²) in [6.45, 7) is 4.49. The number of hydrogen-bond acceptors (Lipinski definition) is 1. The van der Waals surface area contributed by atoms with Gasteiger partial charge in [0, 0.05) is 9.75 Å². The fourth-order valence-corrected chi connectivity index (χ4v) is 3.55. The summed E-state index contributed by atoms with van der Waals surface area (Å²) in [6.07, 6.45) is 1.14. The van der Waals surface area contributed by atoms with Gasteiger partial charge >= 0.3 is 0 Å². The maximum atomic E-state index is 2.33. The Morgan fingerprint density at radius 2 is 1.74 bits per heavy atom. The smallest absolute Gasteiger partial charge is 0.00540 e. The van der Waals surface area contributed by atoms with Gasteiger partial charge in [-0.3, -0.25) is 0 Å². The molecule has 0 bridgehead atoms. The van der Waals surface area contributed by atoms with E-state index >= 15 is 0 Å². The molecule has 0 aliphatic rings. The maximum absolute atomic E-state index is 2.33. The first kappa shape index (κ1) is 12.4. The fraction of sp³-hybridized carbons (Fsp3) is 0.222. The van der Waals surface area contributed by atoms with Gasteiger partial charge in [-0.2, -0.15) is 0 Å². The van der Waals surface area contributed by atoms with Gasteiger partial charge in [0.15, 0.2) is 0 Å². The molecule has 0 saturated carbocycles. The molecule has 0 aliphatic carbocycles. The molecule has 1 heterocycles. The molecule has 0 amide bonds. The van der Waals surface area contributed by atoms with Crippen LogP contribution in [0, 0.1) is 6.92 Å². The van der Waals surface area contributed by atoms with E-state index in [0.717, 1.165) is 6.42 Å². The highest BCUT2D eigenvalue weighted by Gasteiger charge is 2.08. The summed E-state index contributed by atoms with van der Waals surface area (Å²) < 4.78 is 0. The summed E-state index contributed by atoms with van der Waals surface area (Å²) in [4.78, 5) is 2.89. The number of benzene rings is 2. The molecule has 0 spiro atoms. The van der Waals surface area contributed by atoms with Crippen LogP contribution in [0.4, 0.5) is 0 Å². The van der Waals surface area contributed by atoms with Gasteiger partial charge in [-0.15, -0.1) is 11.3 Å².